The second-order valence-electron chi connectivity index (χ2n) is 9.45. The number of benzene rings is 2. The van der Waals surface area contributed by atoms with Gasteiger partial charge in [0.05, 0.1) is 12.6 Å². The molecule has 2 aromatic carbocycles. The van der Waals surface area contributed by atoms with Crippen LogP contribution in [-0.4, -0.2) is 47.6 Å². The van der Waals surface area contributed by atoms with E-state index in [-0.39, 0.29) is 43.9 Å². The molecule has 6 heteroatoms. The number of amides is 2. The van der Waals surface area contributed by atoms with Crippen molar-refractivity contribution in [2.75, 3.05) is 19.7 Å². The molecule has 1 aliphatic heterocycles. The molecule has 1 heterocycles. The van der Waals surface area contributed by atoms with Gasteiger partial charge in [-0.05, 0) is 47.1 Å². The van der Waals surface area contributed by atoms with Crippen molar-refractivity contribution < 1.29 is 14.7 Å². The highest BCUT2D eigenvalue weighted by Crippen LogP contribution is 2.38. The lowest BCUT2D eigenvalue weighted by Gasteiger charge is -2.31. The Bertz CT molecular complexity index is 1060. The predicted molar refractivity (Wildman–Crippen MR) is 147 cm³/mol. The fourth-order valence-corrected chi connectivity index (χ4v) is 4.75. The van der Waals surface area contributed by atoms with E-state index < -0.39 is 0 Å². The minimum absolute atomic E-state index is 0. The molecule has 0 bridgehead atoms. The second kappa shape index (κ2) is 12.2. The maximum absolute atomic E-state index is 12.9. The molecule has 0 saturated carbocycles. The molecular weight excluding hydrogens is 456 g/mol. The van der Waals surface area contributed by atoms with Crippen LogP contribution >= 0.6 is 13.5 Å². The Balaban J connectivity index is 0.00000342. The first-order valence-corrected chi connectivity index (χ1v) is 12.3. The first-order chi connectivity index (χ1) is 16.5. The zero-order chi connectivity index (χ0) is 24.1. The molecule has 1 saturated heterocycles. The summed E-state index contributed by atoms with van der Waals surface area (Å²) < 4.78 is 0. The van der Waals surface area contributed by atoms with Gasteiger partial charge < -0.3 is 15.3 Å². The van der Waals surface area contributed by atoms with Crippen molar-refractivity contribution in [1.82, 2.24) is 10.2 Å². The minimum Gasteiger partial charge on any atom is -0.394 e. The normalized spacial score (nSPS) is 15.6. The molecule has 2 aliphatic rings. The number of aliphatic hydroxyl groups excluding tert-OH is 1. The molecule has 2 N–H and O–H groups in total. The first-order valence-electron chi connectivity index (χ1n) is 12.3. The number of piperidine rings is 1. The van der Waals surface area contributed by atoms with Gasteiger partial charge in [-0.25, -0.2) is 0 Å². The van der Waals surface area contributed by atoms with Gasteiger partial charge in [-0.2, -0.15) is 13.5 Å². The zero-order valence-corrected chi connectivity index (χ0v) is 21.6. The maximum Gasteiger partial charge on any atom is 0.222 e. The van der Waals surface area contributed by atoms with Crippen LogP contribution in [0.15, 0.2) is 54.1 Å². The second-order valence-corrected chi connectivity index (χ2v) is 9.45. The molecule has 0 spiro atoms. The topological polar surface area (TPSA) is 69.6 Å². The monoisotopic (exact) mass is 492 g/mol. The Hall–Kier alpha value is -2.83. The van der Waals surface area contributed by atoms with Crippen molar-refractivity contribution in [3.8, 4) is 0 Å². The number of rotatable bonds is 6. The molecule has 1 fully saturated rings. The molecule has 0 unspecified atom stereocenters. The molecule has 5 nitrogen and oxygen atoms in total. The van der Waals surface area contributed by atoms with Crippen molar-refractivity contribution in [3.63, 3.8) is 0 Å². The van der Waals surface area contributed by atoms with E-state index in [4.69, 9.17) is 0 Å². The summed E-state index contributed by atoms with van der Waals surface area (Å²) in [5.74, 6) is -0.156. The van der Waals surface area contributed by atoms with Crippen molar-refractivity contribution >= 4 is 43.0 Å². The van der Waals surface area contributed by atoms with E-state index in [0.29, 0.717) is 25.9 Å². The number of nitrogens with one attached hydrogen (secondary N) is 1. The fraction of sp³-hybridized carbons (Fsp3) is 0.379. The van der Waals surface area contributed by atoms with Crippen LogP contribution < -0.4 is 5.32 Å². The SMILES string of the molecule is CC(C)C(=O)N[C@H](CO)CCC(=O)N1CCC(=C2c3ccccc3C=Cc3ccccc32)CC1.S. The lowest BCUT2D eigenvalue weighted by molar-refractivity contribution is -0.132. The van der Waals surface area contributed by atoms with Crippen LogP contribution in [0.4, 0.5) is 0 Å². The molecule has 2 amide bonds. The average Bonchev–Trinajstić information content (AvgIpc) is 3.03. The summed E-state index contributed by atoms with van der Waals surface area (Å²) in [5, 5.41) is 12.4. The summed E-state index contributed by atoms with van der Waals surface area (Å²) in [5.41, 5.74) is 7.65. The first kappa shape index (κ1) is 26.8. The molecular formula is C29H36N2O3S. The molecule has 4 rings (SSSR count). The largest absolute Gasteiger partial charge is 0.394 e. The third kappa shape index (κ3) is 6.24. The number of fused-ring (bicyclic) bond motifs is 2. The molecule has 1 atom stereocenters. The van der Waals surface area contributed by atoms with Crippen LogP contribution in [0.1, 0.15) is 61.8 Å². The third-order valence-electron chi connectivity index (χ3n) is 6.77. The van der Waals surface area contributed by atoms with Crippen LogP contribution in [-0.2, 0) is 9.59 Å². The van der Waals surface area contributed by atoms with Gasteiger partial charge >= 0.3 is 0 Å². The number of carbonyl (C=O) groups is 2. The van der Waals surface area contributed by atoms with E-state index in [2.05, 4.69) is 66.0 Å². The van der Waals surface area contributed by atoms with E-state index in [1.807, 2.05) is 18.7 Å². The number of hydrogen-bond donors (Lipinski definition) is 2. The Morgan fingerprint density at radius 2 is 1.49 bits per heavy atom. The van der Waals surface area contributed by atoms with E-state index >= 15 is 0 Å². The minimum atomic E-state index is -0.382. The standard InChI is InChI=1S/C29H34N2O3.H2S/c1-20(2)29(34)30-24(19-32)13-14-27(33)31-17-15-23(16-18-31)28-25-9-5-3-7-21(25)11-12-22-8-4-6-10-26(22)28;/h3-12,20,24,32H,13-19H2,1-2H3,(H,30,34);1H2/t24-;/m0./s1. The smallest absolute Gasteiger partial charge is 0.222 e. The lowest BCUT2D eigenvalue weighted by Crippen LogP contribution is -2.41. The third-order valence-corrected chi connectivity index (χ3v) is 6.77. The molecule has 2 aromatic rings. The van der Waals surface area contributed by atoms with Gasteiger partial charge in [-0.1, -0.05) is 80.1 Å². The molecule has 1 aliphatic carbocycles. The highest BCUT2D eigenvalue weighted by atomic mass is 32.1. The van der Waals surface area contributed by atoms with Crippen molar-refractivity contribution in [2.45, 2.75) is 45.6 Å². The average molecular weight is 493 g/mol. The van der Waals surface area contributed by atoms with Gasteiger partial charge in [0.15, 0.2) is 0 Å². The summed E-state index contributed by atoms with van der Waals surface area (Å²) >= 11 is 0. The van der Waals surface area contributed by atoms with Gasteiger partial charge in [0.1, 0.15) is 0 Å². The molecule has 0 radical (unpaired) electrons. The highest BCUT2D eigenvalue weighted by molar-refractivity contribution is 7.59. The number of nitrogens with zero attached hydrogens (tertiary/aromatic N) is 1. The lowest BCUT2D eigenvalue weighted by atomic mass is 9.86. The van der Waals surface area contributed by atoms with Crippen LogP contribution in [0.3, 0.4) is 0 Å². The number of likely N-dealkylation sites (tertiary alicyclic amines) is 1. The summed E-state index contributed by atoms with van der Waals surface area (Å²) in [6.45, 7) is 4.86. The van der Waals surface area contributed by atoms with E-state index in [9.17, 15) is 14.7 Å². The van der Waals surface area contributed by atoms with Gasteiger partial charge in [-0.3, -0.25) is 9.59 Å². The van der Waals surface area contributed by atoms with Crippen LogP contribution in [0, 0.1) is 5.92 Å². The Kier molecular flexibility index (Phi) is 9.35. The van der Waals surface area contributed by atoms with Gasteiger partial charge in [0.2, 0.25) is 11.8 Å². The van der Waals surface area contributed by atoms with Crippen molar-refractivity contribution in [2.24, 2.45) is 5.92 Å². The Morgan fingerprint density at radius 3 is 2.00 bits per heavy atom. The highest BCUT2D eigenvalue weighted by Gasteiger charge is 2.25. The van der Waals surface area contributed by atoms with Crippen molar-refractivity contribution in [1.29, 1.82) is 0 Å². The molecule has 186 valence electrons. The summed E-state index contributed by atoms with van der Waals surface area (Å²) in [7, 11) is 0. The Morgan fingerprint density at radius 1 is 0.943 bits per heavy atom. The summed E-state index contributed by atoms with van der Waals surface area (Å²) in [6, 6.07) is 16.7. The van der Waals surface area contributed by atoms with Crippen LogP contribution in [0.25, 0.3) is 17.7 Å². The van der Waals surface area contributed by atoms with Gasteiger partial charge in [-0.15, -0.1) is 0 Å². The van der Waals surface area contributed by atoms with Gasteiger partial charge in [0.25, 0.3) is 0 Å². The fourth-order valence-electron chi connectivity index (χ4n) is 4.75. The molecule has 35 heavy (non-hydrogen) atoms. The maximum atomic E-state index is 12.9. The summed E-state index contributed by atoms with van der Waals surface area (Å²) in [6.07, 6.45) is 6.84. The van der Waals surface area contributed by atoms with E-state index in [1.165, 1.54) is 33.4 Å². The van der Waals surface area contributed by atoms with Crippen molar-refractivity contribution in [3.05, 3.63) is 76.4 Å². The zero-order valence-electron chi connectivity index (χ0n) is 20.6. The molecule has 0 aromatic heterocycles. The van der Waals surface area contributed by atoms with E-state index in [1.54, 1.807) is 0 Å². The number of carbonyl (C=O) groups excluding carboxylic acids is 2. The van der Waals surface area contributed by atoms with Crippen LogP contribution in [0.5, 0.6) is 0 Å². The quantitative estimate of drug-likeness (QED) is 0.528. The number of aliphatic hydroxyl groups is 1. The Labute approximate surface area is 215 Å². The van der Waals surface area contributed by atoms with Gasteiger partial charge in [0, 0.05) is 25.4 Å². The predicted octanol–water partition coefficient (Wildman–Crippen LogP) is 4.62. The van der Waals surface area contributed by atoms with Crippen LogP contribution in [0.2, 0.25) is 0 Å². The number of hydrogen-bond acceptors (Lipinski definition) is 3. The summed E-state index contributed by atoms with van der Waals surface area (Å²) in [4.78, 5) is 26.7. The van der Waals surface area contributed by atoms with E-state index in [0.717, 1.165) is 12.8 Å².